The van der Waals surface area contributed by atoms with Crippen molar-refractivity contribution in [2.75, 3.05) is 48.8 Å². The van der Waals surface area contributed by atoms with Gasteiger partial charge < -0.3 is 20.4 Å². The highest BCUT2D eigenvalue weighted by molar-refractivity contribution is 6.02. The second-order valence-corrected chi connectivity index (χ2v) is 9.32. The number of halogens is 3. The van der Waals surface area contributed by atoms with Crippen LogP contribution in [-0.2, 0) is 11.0 Å². The number of piperazine rings is 1. The SMILES string of the molecule is C=CC(=O)Nc1cc(Nc2nccc(-n3cc(C(F)(F)F)c4cccnc43)n2)c(C)cc1N1CCN(C)CC1. The van der Waals surface area contributed by atoms with E-state index in [4.69, 9.17) is 0 Å². The summed E-state index contributed by atoms with van der Waals surface area (Å²) in [6.45, 7) is 8.88. The molecule has 1 fully saturated rings. The van der Waals surface area contributed by atoms with Crippen LogP contribution in [0.4, 0.5) is 36.2 Å². The van der Waals surface area contributed by atoms with Crippen molar-refractivity contribution in [2.24, 2.45) is 0 Å². The molecule has 0 bridgehead atoms. The minimum atomic E-state index is -4.55. The van der Waals surface area contributed by atoms with E-state index >= 15 is 0 Å². The number of amides is 1. The molecule has 202 valence electrons. The third kappa shape index (κ3) is 5.41. The number of alkyl halides is 3. The lowest BCUT2D eigenvalue weighted by Crippen LogP contribution is -2.44. The molecule has 4 aromatic rings. The van der Waals surface area contributed by atoms with Gasteiger partial charge in [0, 0.05) is 55.8 Å². The summed E-state index contributed by atoms with van der Waals surface area (Å²) in [5.74, 6) is 0.0553. The molecular weight excluding hydrogens is 509 g/mol. The van der Waals surface area contributed by atoms with E-state index in [9.17, 15) is 18.0 Å². The fraction of sp³-hybridized carbons (Fsp3) is 0.259. The average Bonchev–Trinajstić information content (AvgIpc) is 3.31. The van der Waals surface area contributed by atoms with Crippen LogP contribution in [-0.4, -0.2) is 63.6 Å². The highest BCUT2D eigenvalue weighted by Crippen LogP contribution is 2.37. The van der Waals surface area contributed by atoms with E-state index < -0.39 is 11.7 Å². The topological polar surface area (TPSA) is 91.2 Å². The Labute approximate surface area is 223 Å². The molecule has 0 aliphatic carbocycles. The number of carbonyl (C=O) groups excluding carboxylic acids is 1. The molecule has 0 radical (unpaired) electrons. The number of rotatable bonds is 6. The van der Waals surface area contributed by atoms with Crippen LogP contribution < -0.4 is 15.5 Å². The van der Waals surface area contributed by atoms with Gasteiger partial charge in [-0.3, -0.25) is 9.36 Å². The number of benzene rings is 1. The minimum Gasteiger partial charge on any atom is -0.367 e. The number of fused-ring (bicyclic) bond motifs is 1. The third-order valence-electron chi connectivity index (χ3n) is 6.63. The van der Waals surface area contributed by atoms with Crippen LogP contribution in [0.15, 0.2) is 61.6 Å². The number of likely N-dealkylation sites (N-methyl/N-ethyl adjacent to an activating group) is 1. The monoisotopic (exact) mass is 536 g/mol. The Hall–Kier alpha value is -4.45. The molecule has 2 N–H and O–H groups in total. The van der Waals surface area contributed by atoms with Crippen LogP contribution >= 0.6 is 0 Å². The van der Waals surface area contributed by atoms with Crippen molar-refractivity contribution in [2.45, 2.75) is 13.1 Å². The first-order valence-corrected chi connectivity index (χ1v) is 12.3. The number of nitrogens with one attached hydrogen (secondary N) is 2. The first-order chi connectivity index (χ1) is 18.6. The van der Waals surface area contributed by atoms with Crippen LogP contribution in [0.1, 0.15) is 11.1 Å². The summed E-state index contributed by atoms with van der Waals surface area (Å²) in [6, 6.07) is 8.14. The molecule has 0 unspecified atom stereocenters. The second kappa shape index (κ2) is 10.4. The molecule has 1 amide bonds. The summed E-state index contributed by atoms with van der Waals surface area (Å²) in [7, 11) is 2.07. The fourth-order valence-corrected chi connectivity index (χ4v) is 4.54. The maximum Gasteiger partial charge on any atom is 0.418 e. The molecule has 1 saturated heterocycles. The van der Waals surface area contributed by atoms with E-state index in [1.807, 2.05) is 13.0 Å². The lowest BCUT2D eigenvalue weighted by molar-refractivity contribution is -0.136. The highest BCUT2D eigenvalue weighted by atomic mass is 19.4. The molecule has 1 aliphatic heterocycles. The molecule has 12 heteroatoms. The minimum absolute atomic E-state index is 0.0175. The van der Waals surface area contributed by atoms with Gasteiger partial charge in [-0.1, -0.05) is 6.58 Å². The van der Waals surface area contributed by atoms with Gasteiger partial charge in [-0.25, -0.2) is 9.97 Å². The zero-order valence-corrected chi connectivity index (χ0v) is 21.5. The molecule has 1 aliphatic rings. The smallest absolute Gasteiger partial charge is 0.367 e. The van der Waals surface area contributed by atoms with Crippen molar-refractivity contribution >= 4 is 40.0 Å². The molecular formula is C27H27F3N8O. The Balaban J connectivity index is 1.50. The fourth-order valence-electron chi connectivity index (χ4n) is 4.54. The zero-order chi connectivity index (χ0) is 27.7. The molecule has 0 atom stereocenters. The number of hydrogen-bond donors (Lipinski definition) is 2. The van der Waals surface area contributed by atoms with Gasteiger partial charge in [0.1, 0.15) is 11.5 Å². The van der Waals surface area contributed by atoms with Crippen molar-refractivity contribution in [3.63, 3.8) is 0 Å². The van der Waals surface area contributed by atoms with Gasteiger partial charge in [-0.05, 0) is 55.9 Å². The van der Waals surface area contributed by atoms with Gasteiger partial charge in [0.15, 0.2) is 0 Å². The van der Waals surface area contributed by atoms with Crippen molar-refractivity contribution < 1.29 is 18.0 Å². The predicted molar refractivity (Wildman–Crippen MR) is 145 cm³/mol. The summed E-state index contributed by atoms with van der Waals surface area (Å²) >= 11 is 0. The molecule has 9 nitrogen and oxygen atoms in total. The van der Waals surface area contributed by atoms with Crippen LogP contribution in [0.5, 0.6) is 0 Å². The molecule has 0 saturated carbocycles. The van der Waals surface area contributed by atoms with Crippen molar-refractivity contribution in [1.29, 1.82) is 0 Å². The number of aryl methyl sites for hydroxylation is 1. The lowest BCUT2D eigenvalue weighted by Gasteiger charge is -2.35. The first-order valence-electron chi connectivity index (χ1n) is 12.3. The van der Waals surface area contributed by atoms with Crippen molar-refractivity contribution in [1.82, 2.24) is 24.4 Å². The van der Waals surface area contributed by atoms with E-state index in [-0.39, 0.29) is 28.7 Å². The molecule has 5 rings (SSSR count). The van der Waals surface area contributed by atoms with E-state index in [1.165, 1.54) is 41.2 Å². The Morgan fingerprint density at radius 3 is 2.56 bits per heavy atom. The number of hydrogen-bond acceptors (Lipinski definition) is 7. The maximum absolute atomic E-state index is 13.7. The number of carbonyl (C=O) groups is 1. The number of aromatic nitrogens is 4. The third-order valence-corrected chi connectivity index (χ3v) is 6.63. The van der Waals surface area contributed by atoms with Crippen LogP contribution in [0.25, 0.3) is 16.9 Å². The summed E-state index contributed by atoms with van der Waals surface area (Å²) < 4.78 is 42.3. The number of anilines is 4. The van der Waals surface area contributed by atoms with E-state index in [0.717, 1.165) is 43.6 Å². The zero-order valence-electron chi connectivity index (χ0n) is 21.5. The maximum atomic E-state index is 13.7. The van der Waals surface area contributed by atoms with Gasteiger partial charge in [-0.15, -0.1) is 0 Å². The highest BCUT2D eigenvalue weighted by Gasteiger charge is 2.35. The Bertz CT molecular complexity index is 1540. The Morgan fingerprint density at radius 1 is 1.08 bits per heavy atom. The van der Waals surface area contributed by atoms with Gasteiger partial charge in [0.25, 0.3) is 0 Å². The molecule has 39 heavy (non-hydrogen) atoms. The molecule has 3 aromatic heterocycles. The van der Waals surface area contributed by atoms with E-state index in [2.05, 4.69) is 49.0 Å². The van der Waals surface area contributed by atoms with Crippen molar-refractivity contribution in [3.05, 3.63) is 72.7 Å². The number of nitrogens with zero attached hydrogens (tertiary/aromatic N) is 6. The van der Waals surface area contributed by atoms with Gasteiger partial charge >= 0.3 is 6.18 Å². The van der Waals surface area contributed by atoms with E-state index in [0.29, 0.717) is 11.4 Å². The molecule has 0 spiro atoms. The van der Waals surface area contributed by atoms with Gasteiger partial charge in [0.05, 0.1) is 16.9 Å². The lowest BCUT2D eigenvalue weighted by atomic mass is 10.1. The van der Waals surface area contributed by atoms with Gasteiger partial charge in [-0.2, -0.15) is 18.2 Å². The standard InChI is InChI=1S/C27H27F3N8O/c1-4-24(39)33-21-15-20(17(2)14-22(21)37-12-10-36(3)11-13-37)34-26-32-9-7-23(35-26)38-16-19(27(28,29)30)18-6-5-8-31-25(18)38/h4-9,14-16H,1,10-13H2,2-3H3,(H,33,39)(H,32,34,35). The van der Waals surface area contributed by atoms with Gasteiger partial charge in [0.2, 0.25) is 11.9 Å². The summed E-state index contributed by atoms with van der Waals surface area (Å²) in [6.07, 6.45) is 0.543. The number of pyridine rings is 1. The van der Waals surface area contributed by atoms with Crippen LogP contribution in [0.2, 0.25) is 0 Å². The van der Waals surface area contributed by atoms with Crippen molar-refractivity contribution in [3.8, 4) is 5.82 Å². The average molecular weight is 537 g/mol. The van der Waals surface area contributed by atoms with Crippen LogP contribution in [0, 0.1) is 6.92 Å². The summed E-state index contributed by atoms with van der Waals surface area (Å²) in [5, 5.41) is 6.02. The second-order valence-electron chi connectivity index (χ2n) is 9.32. The predicted octanol–water partition coefficient (Wildman–Crippen LogP) is 4.76. The summed E-state index contributed by atoms with van der Waals surface area (Å²) in [4.78, 5) is 29.6. The summed E-state index contributed by atoms with van der Waals surface area (Å²) in [5.41, 5.74) is 2.34. The molecule has 1 aromatic carbocycles. The Kier molecular flexibility index (Phi) is 6.96. The van der Waals surface area contributed by atoms with E-state index in [1.54, 1.807) is 6.07 Å². The normalized spacial score (nSPS) is 14.4. The quantitative estimate of drug-likeness (QED) is 0.343. The first kappa shape index (κ1) is 26.2. The Morgan fingerprint density at radius 2 is 1.85 bits per heavy atom. The van der Waals surface area contributed by atoms with Crippen LogP contribution in [0.3, 0.4) is 0 Å². The largest absolute Gasteiger partial charge is 0.418 e. The molecule has 4 heterocycles.